The van der Waals surface area contributed by atoms with Crippen LogP contribution in [-0.4, -0.2) is 38.4 Å². The van der Waals surface area contributed by atoms with Crippen LogP contribution in [0.25, 0.3) is 10.2 Å². The van der Waals surface area contributed by atoms with Gasteiger partial charge in [0.2, 0.25) is 5.91 Å². The van der Waals surface area contributed by atoms with E-state index in [4.69, 9.17) is 4.98 Å². The molecule has 1 fully saturated rings. The van der Waals surface area contributed by atoms with Crippen LogP contribution in [-0.2, 0) is 11.3 Å². The molecular formula is C19H20N4O3S. The Balaban J connectivity index is 1.33. The summed E-state index contributed by atoms with van der Waals surface area (Å²) in [7, 11) is 0. The Morgan fingerprint density at radius 2 is 1.96 bits per heavy atom. The Labute approximate surface area is 159 Å². The zero-order chi connectivity index (χ0) is 18.8. The second kappa shape index (κ2) is 7.48. The molecule has 1 saturated heterocycles. The highest BCUT2D eigenvalue weighted by Gasteiger charge is 2.25. The van der Waals surface area contributed by atoms with Gasteiger partial charge in [0, 0.05) is 44.2 Å². The summed E-state index contributed by atoms with van der Waals surface area (Å²) in [6, 6.07) is 9.44. The number of nitrogens with zero attached hydrogens (tertiary/aromatic N) is 3. The van der Waals surface area contributed by atoms with Gasteiger partial charge in [-0.05, 0) is 25.0 Å². The average molecular weight is 384 g/mol. The molecular weight excluding hydrogens is 364 g/mol. The van der Waals surface area contributed by atoms with E-state index in [0.717, 1.165) is 23.4 Å². The summed E-state index contributed by atoms with van der Waals surface area (Å²) < 4.78 is 2.56. The fraction of sp³-hybridized carbons (Fsp3) is 0.368. The van der Waals surface area contributed by atoms with Crippen LogP contribution in [0.3, 0.4) is 0 Å². The summed E-state index contributed by atoms with van der Waals surface area (Å²) in [5.74, 6) is 0.434. The number of hydrogen-bond donors (Lipinski definition) is 1. The molecule has 140 valence electrons. The topological polar surface area (TPSA) is 88.1 Å². The Morgan fingerprint density at radius 1 is 1.19 bits per heavy atom. The highest BCUT2D eigenvalue weighted by Crippen LogP contribution is 2.33. The van der Waals surface area contributed by atoms with Gasteiger partial charge in [-0.2, -0.15) is 0 Å². The van der Waals surface area contributed by atoms with Gasteiger partial charge in [0.1, 0.15) is 0 Å². The number of nitrogens with one attached hydrogen (secondary N) is 1. The van der Waals surface area contributed by atoms with E-state index in [9.17, 15) is 14.4 Å². The van der Waals surface area contributed by atoms with Crippen LogP contribution in [0.1, 0.15) is 30.2 Å². The number of H-pyrrole nitrogens is 1. The Morgan fingerprint density at radius 3 is 2.70 bits per heavy atom. The monoisotopic (exact) mass is 384 g/mol. The van der Waals surface area contributed by atoms with Gasteiger partial charge in [0.05, 0.1) is 15.2 Å². The quantitative estimate of drug-likeness (QED) is 0.745. The van der Waals surface area contributed by atoms with E-state index in [1.165, 1.54) is 21.5 Å². The van der Waals surface area contributed by atoms with Gasteiger partial charge in [0.25, 0.3) is 5.56 Å². The molecule has 7 nitrogen and oxygen atoms in total. The van der Waals surface area contributed by atoms with Crippen molar-refractivity contribution in [1.29, 1.82) is 0 Å². The molecule has 8 heteroatoms. The van der Waals surface area contributed by atoms with Gasteiger partial charge in [-0.3, -0.25) is 14.6 Å². The summed E-state index contributed by atoms with van der Waals surface area (Å²) in [6.45, 7) is 1.69. The zero-order valence-electron chi connectivity index (χ0n) is 14.8. The minimum Gasteiger partial charge on any atom is -0.343 e. The number of benzene rings is 1. The second-order valence-corrected chi connectivity index (χ2v) is 7.79. The molecule has 0 aliphatic carbocycles. The normalized spacial score (nSPS) is 15.3. The van der Waals surface area contributed by atoms with E-state index in [1.807, 2.05) is 23.1 Å². The van der Waals surface area contributed by atoms with E-state index in [2.05, 4.69) is 11.1 Å². The maximum Gasteiger partial charge on any atom is 0.328 e. The van der Waals surface area contributed by atoms with Crippen LogP contribution in [0.15, 0.2) is 46.1 Å². The summed E-state index contributed by atoms with van der Waals surface area (Å²) in [5, 5.41) is 1.16. The standard InChI is InChI=1S/C19H20N4O3S/c24-16-7-11-23(19(26)21-16)12-8-17(25)22-9-5-13(6-10-22)18-20-14-3-1-2-4-15(14)27-18/h1-4,7,11,13H,5-6,8-10,12H2,(H,21,24,26). The summed E-state index contributed by atoms with van der Waals surface area (Å²) in [6.07, 6.45) is 3.49. The molecule has 27 heavy (non-hydrogen) atoms. The van der Waals surface area contributed by atoms with E-state index in [-0.39, 0.29) is 18.9 Å². The highest BCUT2D eigenvalue weighted by molar-refractivity contribution is 7.18. The van der Waals surface area contributed by atoms with Crippen molar-refractivity contribution >= 4 is 27.5 Å². The first kappa shape index (κ1) is 17.7. The smallest absolute Gasteiger partial charge is 0.328 e. The van der Waals surface area contributed by atoms with Gasteiger partial charge in [-0.15, -0.1) is 11.3 Å². The number of thiazole rings is 1. The van der Waals surface area contributed by atoms with Gasteiger partial charge >= 0.3 is 5.69 Å². The number of aryl methyl sites for hydroxylation is 1. The van der Waals surface area contributed by atoms with Gasteiger partial charge in [-0.1, -0.05) is 12.1 Å². The lowest BCUT2D eigenvalue weighted by Crippen LogP contribution is -2.39. The van der Waals surface area contributed by atoms with Crippen molar-refractivity contribution in [2.24, 2.45) is 0 Å². The van der Waals surface area contributed by atoms with Crippen molar-refractivity contribution in [3.63, 3.8) is 0 Å². The molecule has 3 aromatic rings. The molecule has 1 N–H and O–H groups in total. The fourth-order valence-corrected chi connectivity index (χ4v) is 4.57. The van der Waals surface area contributed by atoms with E-state index < -0.39 is 11.2 Å². The molecule has 3 heterocycles. The number of aromatic amines is 1. The van der Waals surface area contributed by atoms with Crippen LogP contribution in [0.5, 0.6) is 0 Å². The fourth-order valence-electron chi connectivity index (χ4n) is 3.44. The third-order valence-corrected chi connectivity index (χ3v) is 6.17. The first-order valence-electron chi connectivity index (χ1n) is 9.03. The number of aromatic nitrogens is 3. The zero-order valence-corrected chi connectivity index (χ0v) is 15.6. The van der Waals surface area contributed by atoms with Crippen molar-refractivity contribution in [3.8, 4) is 0 Å². The molecule has 0 saturated carbocycles. The van der Waals surface area contributed by atoms with Crippen molar-refractivity contribution in [2.75, 3.05) is 13.1 Å². The van der Waals surface area contributed by atoms with Gasteiger partial charge in [0.15, 0.2) is 0 Å². The van der Waals surface area contributed by atoms with E-state index in [0.29, 0.717) is 19.0 Å². The third kappa shape index (κ3) is 3.85. The number of fused-ring (bicyclic) bond motifs is 1. The SMILES string of the molecule is O=C(CCn1ccc(=O)[nH]c1=O)N1CCC(c2nc3ccccc3s2)CC1. The molecule has 0 radical (unpaired) electrons. The van der Waals surface area contributed by atoms with Crippen LogP contribution in [0.2, 0.25) is 0 Å². The number of para-hydroxylation sites is 1. The number of hydrogen-bond acceptors (Lipinski definition) is 5. The van der Waals surface area contributed by atoms with Crippen molar-refractivity contribution in [1.82, 2.24) is 19.4 Å². The average Bonchev–Trinajstić information content (AvgIpc) is 3.11. The van der Waals surface area contributed by atoms with Crippen LogP contribution in [0.4, 0.5) is 0 Å². The molecule has 1 aromatic carbocycles. The lowest BCUT2D eigenvalue weighted by Gasteiger charge is -2.31. The second-order valence-electron chi connectivity index (χ2n) is 6.73. The van der Waals surface area contributed by atoms with Crippen molar-refractivity contribution in [2.45, 2.75) is 31.7 Å². The molecule has 4 rings (SSSR count). The Hall–Kier alpha value is -2.74. The lowest BCUT2D eigenvalue weighted by atomic mass is 9.97. The van der Waals surface area contributed by atoms with E-state index >= 15 is 0 Å². The number of rotatable bonds is 4. The van der Waals surface area contributed by atoms with Crippen LogP contribution < -0.4 is 11.2 Å². The summed E-state index contributed by atoms with van der Waals surface area (Å²) >= 11 is 1.74. The number of piperidine rings is 1. The molecule has 0 spiro atoms. The minimum atomic E-state index is -0.482. The number of likely N-dealkylation sites (tertiary alicyclic amines) is 1. The minimum absolute atomic E-state index is 0.0378. The molecule has 1 amide bonds. The highest BCUT2D eigenvalue weighted by atomic mass is 32.1. The maximum atomic E-state index is 12.5. The van der Waals surface area contributed by atoms with Crippen molar-refractivity contribution < 1.29 is 4.79 Å². The summed E-state index contributed by atoms with van der Waals surface area (Å²) in [5.41, 5.74) is 0.131. The number of carbonyl (C=O) groups is 1. The first-order valence-corrected chi connectivity index (χ1v) is 9.85. The number of amides is 1. The van der Waals surface area contributed by atoms with Crippen LogP contribution >= 0.6 is 11.3 Å². The molecule has 1 aliphatic rings. The van der Waals surface area contributed by atoms with Crippen molar-refractivity contribution in [3.05, 3.63) is 62.4 Å². The van der Waals surface area contributed by atoms with E-state index in [1.54, 1.807) is 11.3 Å². The van der Waals surface area contributed by atoms with Crippen LogP contribution in [0, 0.1) is 0 Å². The lowest BCUT2D eigenvalue weighted by molar-refractivity contribution is -0.132. The number of carbonyl (C=O) groups excluding carboxylic acids is 1. The molecule has 1 aliphatic heterocycles. The third-order valence-electron chi connectivity index (χ3n) is 4.97. The first-order chi connectivity index (χ1) is 13.1. The van der Waals surface area contributed by atoms with Gasteiger partial charge in [-0.25, -0.2) is 9.78 Å². The predicted octanol–water partition coefficient (Wildman–Crippen LogP) is 1.94. The Kier molecular flexibility index (Phi) is 4.89. The molecule has 0 bridgehead atoms. The summed E-state index contributed by atoms with van der Waals surface area (Å²) in [4.78, 5) is 44.0. The molecule has 2 aromatic heterocycles. The molecule has 0 atom stereocenters. The molecule has 0 unspecified atom stereocenters. The Bertz CT molecular complexity index is 1040. The van der Waals surface area contributed by atoms with Gasteiger partial charge < -0.3 is 9.47 Å². The predicted molar refractivity (Wildman–Crippen MR) is 104 cm³/mol. The maximum absolute atomic E-state index is 12.5. The largest absolute Gasteiger partial charge is 0.343 e.